The molecule has 2 aliphatic carbocycles. The van der Waals surface area contributed by atoms with Crippen molar-refractivity contribution in [1.82, 2.24) is 0 Å². The first-order valence-corrected chi connectivity index (χ1v) is 17.8. The zero-order valence-electron chi connectivity index (χ0n) is 29.3. The molecule has 0 spiro atoms. The number of phenolic OH excluding ortho intramolecular Hbond substituents is 1. The van der Waals surface area contributed by atoms with Crippen LogP contribution in [0.1, 0.15) is 107 Å². The number of hydrogen-bond acceptors (Lipinski definition) is 14. The van der Waals surface area contributed by atoms with Gasteiger partial charge in [-0.2, -0.15) is 0 Å². The molecule has 12 atom stereocenters. The number of ether oxygens (including phenoxy) is 5. The third kappa shape index (κ3) is 7.31. The lowest BCUT2D eigenvalue weighted by molar-refractivity contribution is -0.260. The van der Waals surface area contributed by atoms with Crippen molar-refractivity contribution in [3.8, 4) is 5.75 Å². The van der Waals surface area contributed by atoms with E-state index in [2.05, 4.69) is 0 Å². The molecule has 7 N–H and O–H groups in total. The maximum atomic E-state index is 13.6. The zero-order chi connectivity index (χ0) is 36.9. The second-order valence-corrected chi connectivity index (χ2v) is 14.7. The predicted molar refractivity (Wildman–Crippen MR) is 179 cm³/mol. The molecule has 280 valence electrons. The Morgan fingerprint density at radius 3 is 2.29 bits per heavy atom. The molecule has 3 fully saturated rings. The van der Waals surface area contributed by atoms with E-state index in [4.69, 9.17) is 29.4 Å². The van der Waals surface area contributed by atoms with Crippen LogP contribution in [-0.4, -0.2) is 110 Å². The number of rotatable bonds is 8. The molecule has 6 rings (SSSR count). The van der Waals surface area contributed by atoms with E-state index in [-0.39, 0.29) is 35.8 Å². The van der Waals surface area contributed by atoms with Gasteiger partial charge >= 0.3 is 0 Å². The fraction of sp³-hybridized carbons (Fsp3) is 0.649. The second-order valence-electron chi connectivity index (χ2n) is 14.7. The van der Waals surface area contributed by atoms with Gasteiger partial charge in [-0.25, -0.2) is 0 Å². The van der Waals surface area contributed by atoms with Crippen LogP contribution in [0, 0.1) is 0 Å². The molecule has 3 saturated heterocycles. The molecule has 0 aromatic heterocycles. The van der Waals surface area contributed by atoms with Crippen molar-refractivity contribution in [3.63, 3.8) is 0 Å². The van der Waals surface area contributed by atoms with Crippen LogP contribution in [0.15, 0.2) is 29.4 Å². The molecule has 3 aliphatic heterocycles. The van der Waals surface area contributed by atoms with Gasteiger partial charge in [-0.3, -0.25) is 14.4 Å². The number of carbonyl (C=O) groups is 3. The molecular formula is C37H49NO13. The van der Waals surface area contributed by atoms with Crippen LogP contribution in [0.5, 0.6) is 5.75 Å². The summed E-state index contributed by atoms with van der Waals surface area (Å²) < 4.78 is 30.3. The average molecular weight is 716 g/mol. The molecule has 3 heterocycles. The molecule has 14 heteroatoms. The SMILES string of the molecule is CC1=CC(=O)[C@@H](O)[C@](O)([C@H](CC2=C(O)c3c(ccc([C@H]4CC[C@H](O[C@H]5CC[C@H](O)[C@H](C)O5)[C@@H](C)O4)c3O)C(=O)C2=O)O[C@H]2CC[C@H](N)[C@@H](C)O2)C1. The third-order valence-electron chi connectivity index (χ3n) is 11.0. The number of aliphatic hydroxyl groups is 4. The van der Waals surface area contributed by atoms with Crippen molar-refractivity contribution in [2.24, 2.45) is 5.73 Å². The smallest absolute Gasteiger partial charge is 0.234 e. The number of fused-ring (bicyclic) bond motifs is 1. The Kier molecular flexibility index (Phi) is 10.9. The average Bonchev–Trinajstić information content (AvgIpc) is 3.08. The molecule has 0 radical (unpaired) electrons. The Labute approximate surface area is 296 Å². The molecule has 5 aliphatic rings. The molecule has 1 aromatic carbocycles. The summed E-state index contributed by atoms with van der Waals surface area (Å²) in [6, 6.07) is 2.58. The highest BCUT2D eigenvalue weighted by Crippen LogP contribution is 2.45. The van der Waals surface area contributed by atoms with Gasteiger partial charge in [-0.05, 0) is 71.9 Å². The van der Waals surface area contributed by atoms with Crippen molar-refractivity contribution in [3.05, 3.63) is 46.0 Å². The minimum atomic E-state index is -2.26. The van der Waals surface area contributed by atoms with Gasteiger partial charge in [0.25, 0.3) is 0 Å². The van der Waals surface area contributed by atoms with E-state index >= 15 is 0 Å². The van der Waals surface area contributed by atoms with Gasteiger partial charge in [-0.15, -0.1) is 0 Å². The maximum Gasteiger partial charge on any atom is 0.234 e. The Morgan fingerprint density at radius 1 is 0.902 bits per heavy atom. The zero-order valence-corrected chi connectivity index (χ0v) is 29.3. The van der Waals surface area contributed by atoms with E-state index in [1.807, 2.05) is 6.92 Å². The number of Topliss-reactive ketones (excluding diaryl/α,β-unsaturated/α-hetero) is 2. The lowest BCUT2D eigenvalue weighted by Gasteiger charge is -2.44. The Bertz CT molecular complexity index is 1610. The van der Waals surface area contributed by atoms with Crippen LogP contribution in [0.25, 0.3) is 5.76 Å². The quantitative estimate of drug-likeness (QED) is 0.213. The highest BCUT2D eigenvalue weighted by atomic mass is 16.7. The summed E-state index contributed by atoms with van der Waals surface area (Å²) >= 11 is 0. The number of benzene rings is 1. The highest BCUT2D eigenvalue weighted by Gasteiger charge is 2.52. The number of ketones is 3. The van der Waals surface area contributed by atoms with Gasteiger partial charge < -0.3 is 55.0 Å². The number of aliphatic hydroxyl groups excluding tert-OH is 3. The Balaban J connectivity index is 1.28. The standard InChI is InChI=1S/C37H49NO13/c1-16-13-25(40)36(45)37(46,15-16)28(51-30-11-7-23(38)17(2)48-30)14-22-33(42)31-21(34(43)35(22)44)6-5-20(32(31)41)27-10-9-26(19(4)47-27)50-29-12-8-24(39)18(3)49-29/h5-6,13,17-19,23-24,26-30,36,39,41-42,45-46H,7-12,14-15,38H2,1-4H3/t17-,18+,19-,23+,24+,26+,27-,28+,29+,30+,36-,37-/m1/s1. The predicted octanol–water partition coefficient (Wildman–Crippen LogP) is 2.58. The van der Waals surface area contributed by atoms with Crippen LogP contribution in [0.3, 0.4) is 0 Å². The van der Waals surface area contributed by atoms with Crippen molar-refractivity contribution in [1.29, 1.82) is 0 Å². The summed E-state index contributed by atoms with van der Waals surface area (Å²) in [5.74, 6) is -3.97. The van der Waals surface area contributed by atoms with Crippen molar-refractivity contribution in [2.45, 2.75) is 152 Å². The maximum absolute atomic E-state index is 13.6. The summed E-state index contributed by atoms with van der Waals surface area (Å²) in [5.41, 5.74) is 3.65. The molecule has 0 bridgehead atoms. The van der Waals surface area contributed by atoms with Gasteiger partial charge in [0.1, 0.15) is 23.2 Å². The van der Waals surface area contributed by atoms with E-state index in [0.717, 1.165) is 0 Å². The normalized spacial score (nSPS) is 38.4. The summed E-state index contributed by atoms with van der Waals surface area (Å²) in [4.78, 5) is 39.7. The Morgan fingerprint density at radius 2 is 1.61 bits per heavy atom. The minimum Gasteiger partial charge on any atom is -0.507 e. The number of nitrogens with two attached hydrogens (primary N) is 1. The van der Waals surface area contributed by atoms with Gasteiger partial charge in [0, 0.05) is 42.0 Å². The van der Waals surface area contributed by atoms with E-state index in [0.29, 0.717) is 49.7 Å². The second kappa shape index (κ2) is 14.8. The largest absolute Gasteiger partial charge is 0.507 e. The number of aromatic hydroxyl groups is 1. The van der Waals surface area contributed by atoms with Crippen LogP contribution < -0.4 is 5.73 Å². The first-order valence-electron chi connectivity index (χ1n) is 17.8. The molecule has 14 nitrogen and oxygen atoms in total. The van der Waals surface area contributed by atoms with E-state index in [9.17, 15) is 39.9 Å². The number of hydrogen-bond donors (Lipinski definition) is 6. The van der Waals surface area contributed by atoms with Crippen LogP contribution in [-0.2, 0) is 33.3 Å². The summed E-state index contributed by atoms with van der Waals surface area (Å²) in [5, 5.41) is 56.1. The highest BCUT2D eigenvalue weighted by molar-refractivity contribution is 6.52. The summed E-state index contributed by atoms with van der Waals surface area (Å²) in [7, 11) is 0. The summed E-state index contributed by atoms with van der Waals surface area (Å²) in [6.45, 7) is 6.98. The fourth-order valence-corrected chi connectivity index (χ4v) is 7.85. The van der Waals surface area contributed by atoms with E-state index in [1.54, 1.807) is 20.8 Å². The lowest BCUT2D eigenvalue weighted by atomic mass is 9.74. The molecule has 51 heavy (non-hydrogen) atoms. The number of carbonyl (C=O) groups excluding carboxylic acids is 3. The fourth-order valence-electron chi connectivity index (χ4n) is 7.85. The Hall–Kier alpha value is -3.05. The lowest BCUT2D eigenvalue weighted by Crippen LogP contribution is -2.59. The van der Waals surface area contributed by atoms with Crippen molar-refractivity contribution in [2.75, 3.05) is 0 Å². The van der Waals surface area contributed by atoms with Gasteiger partial charge in [0.15, 0.2) is 18.4 Å². The van der Waals surface area contributed by atoms with Crippen LogP contribution >= 0.6 is 0 Å². The monoisotopic (exact) mass is 715 g/mol. The van der Waals surface area contributed by atoms with Gasteiger partial charge in [0.2, 0.25) is 11.6 Å². The van der Waals surface area contributed by atoms with Crippen molar-refractivity contribution < 1.29 is 63.6 Å². The topological polar surface area (TPSA) is 225 Å². The minimum absolute atomic E-state index is 0.204. The molecule has 1 aromatic rings. The number of phenols is 1. The molecule has 0 amide bonds. The van der Waals surface area contributed by atoms with Crippen molar-refractivity contribution >= 4 is 23.1 Å². The summed E-state index contributed by atoms with van der Waals surface area (Å²) in [6.07, 6.45) is -4.27. The molecule has 0 saturated carbocycles. The first-order chi connectivity index (χ1) is 24.1. The van der Waals surface area contributed by atoms with Gasteiger partial charge in [0.05, 0.1) is 48.3 Å². The van der Waals surface area contributed by atoms with Gasteiger partial charge in [-0.1, -0.05) is 11.6 Å². The molecular weight excluding hydrogens is 666 g/mol. The van der Waals surface area contributed by atoms with Crippen LogP contribution in [0.4, 0.5) is 0 Å². The first kappa shape index (κ1) is 37.7. The third-order valence-corrected chi connectivity index (χ3v) is 11.0. The molecule has 0 unspecified atom stereocenters. The van der Waals surface area contributed by atoms with Crippen LogP contribution in [0.2, 0.25) is 0 Å². The van der Waals surface area contributed by atoms with E-state index < -0.39 is 95.7 Å². The van der Waals surface area contributed by atoms with E-state index in [1.165, 1.54) is 18.2 Å².